The highest BCUT2D eigenvalue weighted by Gasteiger charge is 2.22. The van der Waals surface area contributed by atoms with E-state index >= 15 is 0 Å². The molecule has 0 amide bonds. The molecule has 1 aliphatic rings. The zero-order valence-electron chi connectivity index (χ0n) is 18.7. The van der Waals surface area contributed by atoms with E-state index in [0.29, 0.717) is 16.3 Å². The molecule has 9 heteroatoms. The molecule has 6 nitrogen and oxygen atoms in total. The van der Waals surface area contributed by atoms with E-state index in [9.17, 15) is 4.39 Å². The van der Waals surface area contributed by atoms with Gasteiger partial charge in [0.2, 0.25) is 0 Å². The fourth-order valence-electron chi connectivity index (χ4n) is 3.76. The number of hydrogen-bond donors (Lipinski definition) is 2. The summed E-state index contributed by atoms with van der Waals surface area (Å²) >= 11 is 12.4. The second-order valence-corrected chi connectivity index (χ2v) is 9.28. The van der Waals surface area contributed by atoms with Crippen molar-refractivity contribution in [3.8, 4) is 16.9 Å². The molecule has 0 spiro atoms. The summed E-state index contributed by atoms with van der Waals surface area (Å²) in [6.07, 6.45) is 8.51. The van der Waals surface area contributed by atoms with Crippen LogP contribution in [0.4, 0.5) is 10.2 Å². The van der Waals surface area contributed by atoms with Crippen LogP contribution in [0.15, 0.2) is 36.8 Å². The quantitative estimate of drug-likeness (QED) is 0.336. The maximum Gasteiger partial charge on any atom is 0.166 e. The van der Waals surface area contributed by atoms with Gasteiger partial charge in [-0.15, -0.1) is 0 Å². The summed E-state index contributed by atoms with van der Waals surface area (Å²) in [5, 5.41) is 8.37. The van der Waals surface area contributed by atoms with Gasteiger partial charge in [-0.2, -0.15) is 5.10 Å². The van der Waals surface area contributed by atoms with Gasteiger partial charge in [-0.25, -0.2) is 9.37 Å². The van der Waals surface area contributed by atoms with Crippen molar-refractivity contribution in [3.63, 3.8) is 0 Å². The monoisotopic (exact) mass is 491 g/mol. The topological polar surface area (TPSA) is 78.0 Å². The summed E-state index contributed by atoms with van der Waals surface area (Å²) in [5.41, 5.74) is 8.14. The molecule has 4 rings (SSSR count). The first kappa shape index (κ1) is 23.8. The number of nitrogens with one attached hydrogen (secondary N) is 1. The van der Waals surface area contributed by atoms with Gasteiger partial charge >= 0.3 is 0 Å². The Balaban J connectivity index is 1.51. The van der Waals surface area contributed by atoms with E-state index in [0.717, 1.165) is 36.6 Å². The molecule has 1 aromatic carbocycles. The number of pyridine rings is 1. The highest BCUT2D eigenvalue weighted by Crippen LogP contribution is 2.37. The van der Waals surface area contributed by atoms with Crippen LogP contribution in [0, 0.1) is 11.7 Å². The van der Waals surface area contributed by atoms with E-state index in [1.807, 2.05) is 17.1 Å². The van der Waals surface area contributed by atoms with Crippen LogP contribution < -0.4 is 15.8 Å². The van der Waals surface area contributed by atoms with Crippen molar-refractivity contribution in [2.45, 2.75) is 45.3 Å². The SMILES string of the molecule is CCC(CNCC1CC1)n1cc(-c2cnc(N)c(OC(C)c3c(Cl)ccc(F)c3Cl)c2)cn1. The number of nitrogens with zero attached hydrogens (tertiary/aromatic N) is 3. The number of nitrogen functional groups attached to an aromatic ring is 1. The summed E-state index contributed by atoms with van der Waals surface area (Å²) in [4.78, 5) is 4.28. The van der Waals surface area contributed by atoms with E-state index in [4.69, 9.17) is 33.7 Å². The molecule has 2 unspecified atom stereocenters. The molecule has 0 aliphatic heterocycles. The highest BCUT2D eigenvalue weighted by molar-refractivity contribution is 6.36. The van der Waals surface area contributed by atoms with Gasteiger partial charge in [0.1, 0.15) is 11.9 Å². The van der Waals surface area contributed by atoms with Crippen LogP contribution in [-0.4, -0.2) is 27.9 Å². The van der Waals surface area contributed by atoms with Crippen LogP contribution in [0.5, 0.6) is 5.75 Å². The van der Waals surface area contributed by atoms with Crippen molar-refractivity contribution in [1.82, 2.24) is 20.1 Å². The minimum absolute atomic E-state index is 0.0696. The molecule has 2 aromatic heterocycles. The van der Waals surface area contributed by atoms with Crippen LogP contribution in [0.3, 0.4) is 0 Å². The summed E-state index contributed by atoms with van der Waals surface area (Å²) < 4.78 is 21.9. The molecule has 3 N–H and O–H groups in total. The molecule has 1 fully saturated rings. The molecule has 0 bridgehead atoms. The average Bonchev–Trinajstić information content (AvgIpc) is 3.49. The van der Waals surface area contributed by atoms with E-state index in [2.05, 4.69) is 22.3 Å². The van der Waals surface area contributed by atoms with Crippen LogP contribution >= 0.6 is 23.2 Å². The van der Waals surface area contributed by atoms with E-state index < -0.39 is 11.9 Å². The molecule has 2 heterocycles. The smallest absolute Gasteiger partial charge is 0.166 e. The molecular formula is C24H28Cl2FN5O. The minimum Gasteiger partial charge on any atom is -0.482 e. The Hall–Kier alpha value is -2.35. The number of ether oxygens (including phenoxy) is 1. The predicted molar refractivity (Wildman–Crippen MR) is 130 cm³/mol. The lowest BCUT2D eigenvalue weighted by atomic mass is 10.1. The second kappa shape index (κ2) is 10.3. The fourth-order valence-corrected chi connectivity index (χ4v) is 4.44. The van der Waals surface area contributed by atoms with Gasteiger partial charge in [0.05, 0.1) is 17.3 Å². The van der Waals surface area contributed by atoms with Crippen molar-refractivity contribution >= 4 is 29.0 Å². The Labute approximate surface area is 203 Å². The maximum atomic E-state index is 13.9. The van der Waals surface area contributed by atoms with E-state index in [-0.39, 0.29) is 16.9 Å². The summed E-state index contributed by atoms with van der Waals surface area (Å²) in [6, 6.07) is 4.74. The number of nitrogens with two attached hydrogens (primary N) is 1. The van der Waals surface area contributed by atoms with Crippen molar-refractivity contribution in [1.29, 1.82) is 0 Å². The Morgan fingerprint density at radius 2 is 2.06 bits per heavy atom. The van der Waals surface area contributed by atoms with Crippen LogP contribution in [0.1, 0.15) is 50.8 Å². The third-order valence-electron chi connectivity index (χ3n) is 5.96. The van der Waals surface area contributed by atoms with Crippen LogP contribution in [0.2, 0.25) is 10.0 Å². The van der Waals surface area contributed by atoms with Crippen LogP contribution in [-0.2, 0) is 0 Å². The fraction of sp³-hybridized carbons (Fsp3) is 0.417. The molecule has 0 saturated heterocycles. The lowest BCUT2D eigenvalue weighted by Crippen LogP contribution is -2.27. The molecule has 0 radical (unpaired) electrons. The van der Waals surface area contributed by atoms with Gasteiger partial charge < -0.3 is 15.8 Å². The van der Waals surface area contributed by atoms with Gasteiger partial charge in [0.15, 0.2) is 11.6 Å². The Bertz CT molecular complexity index is 1120. The molecule has 3 aromatic rings. The van der Waals surface area contributed by atoms with Crippen LogP contribution in [0.25, 0.3) is 11.1 Å². The van der Waals surface area contributed by atoms with Gasteiger partial charge in [-0.3, -0.25) is 4.68 Å². The molecule has 1 saturated carbocycles. The first-order valence-corrected chi connectivity index (χ1v) is 11.9. The molecule has 33 heavy (non-hydrogen) atoms. The Kier molecular flexibility index (Phi) is 7.41. The first-order chi connectivity index (χ1) is 15.9. The maximum absolute atomic E-state index is 13.9. The predicted octanol–water partition coefficient (Wildman–Crippen LogP) is 6.06. The zero-order chi connectivity index (χ0) is 23.5. The largest absolute Gasteiger partial charge is 0.482 e. The van der Waals surface area contributed by atoms with Gasteiger partial charge in [-0.1, -0.05) is 30.1 Å². The molecule has 1 aliphatic carbocycles. The van der Waals surface area contributed by atoms with Gasteiger partial charge in [0.25, 0.3) is 0 Å². The third kappa shape index (κ3) is 5.60. The average molecular weight is 492 g/mol. The number of benzene rings is 1. The van der Waals surface area contributed by atoms with Crippen molar-refractivity contribution in [2.24, 2.45) is 5.92 Å². The lowest BCUT2D eigenvalue weighted by molar-refractivity contribution is 0.227. The third-order valence-corrected chi connectivity index (χ3v) is 6.68. The van der Waals surface area contributed by atoms with Crippen molar-refractivity contribution in [3.05, 3.63) is 58.2 Å². The highest BCUT2D eigenvalue weighted by atomic mass is 35.5. The minimum atomic E-state index is -0.634. The summed E-state index contributed by atoms with van der Waals surface area (Å²) in [7, 11) is 0. The zero-order valence-corrected chi connectivity index (χ0v) is 20.2. The van der Waals surface area contributed by atoms with Gasteiger partial charge in [0, 0.05) is 40.7 Å². The van der Waals surface area contributed by atoms with Crippen molar-refractivity contribution < 1.29 is 9.13 Å². The first-order valence-electron chi connectivity index (χ1n) is 11.2. The van der Waals surface area contributed by atoms with E-state index in [1.165, 1.54) is 25.0 Å². The summed E-state index contributed by atoms with van der Waals surface area (Å²) in [5.74, 6) is 0.866. The molecule has 176 valence electrons. The molecular weight excluding hydrogens is 464 g/mol. The number of hydrogen-bond acceptors (Lipinski definition) is 5. The lowest BCUT2D eigenvalue weighted by Gasteiger charge is -2.19. The number of halogens is 3. The normalized spacial score (nSPS) is 15.4. The van der Waals surface area contributed by atoms with Gasteiger partial charge in [-0.05, 0) is 56.8 Å². The molecule has 2 atom stereocenters. The second-order valence-electron chi connectivity index (χ2n) is 8.50. The number of anilines is 1. The number of aromatic nitrogens is 3. The Morgan fingerprint density at radius 1 is 1.27 bits per heavy atom. The standard InChI is InChI=1S/C24H28Cl2FN5O/c1-3-18(12-29-9-15-4-5-15)32-13-17(11-31-32)16-8-21(24(28)30-10-16)33-14(2)22-19(25)6-7-20(27)23(22)26/h6-8,10-11,13-15,18,29H,3-5,9,12H2,1-2H3,(H2,28,30). The van der Waals surface area contributed by atoms with E-state index in [1.54, 1.807) is 19.2 Å². The number of rotatable bonds is 10. The summed E-state index contributed by atoms with van der Waals surface area (Å²) in [6.45, 7) is 5.85. The Morgan fingerprint density at radius 3 is 2.79 bits per heavy atom. The van der Waals surface area contributed by atoms with Crippen molar-refractivity contribution in [2.75, 3.05) is 18.8 Å².